The van der Waals surface area contributed by atoms with Gasteiger partial charge >= 0.3 is 0 Å². The summed E-state index contributed by atoms with van der Waals surface area (Å²) in [4.78, 5) is 28.6. The number of halogens is 1. The molecule has 1 heterocycles. The molecule has 1 aromatic rings. The third-order valence-corrected chi connectivity index (χ3v) is 2.61. The van der Waals surface area contributed by atoms with Crippen LogP contribution in [0.2, 0.25) is 5.02 Å². The Morgan fingerprint density at radius 1 is 1.53 bits per heavy atom. The molecule has 0 saturated carbocycles. The minimum Gasteiger partial charge on any atom is -0.358 e. The third kappa shape index (κ3) is 3.42. The van der Waals surface area contributed by atoms with Crippen LogP contribution in [0.3, 0.4) is 0 Å². The van der Waals surface area contributed by atoms with Crippen molar-refractivity contribution >= 4 is 23.4 Å². The molecule has 0 radical (unpaired) electrons. The van der Waals surface area contributed by atoms with Crippen molar-refractivity contribution in [1.29, 1.82) is 0 Å². The second kappa shape index (κ2) is 6.20. The minimum absolute atomic E-state index is 0.0110. The van der Waals surface area contributed by atoms with Crippen LogP contribution in [-0.4, -0.2) is 41.8 Å². The van der Waals surface area contributed by atoms with Gasteiger partial charge in [0.05, 0.1) is 17.1 Å². The molecule has 0 bridgehead atoms. The Labute approximate surface area is 105 Å². The summed E-state index contributed by atoms with van der Waals surface area (Å²) in [6, 6.07) is 1.54. The maximum absolute atomic E-state index is 12.1. The molecule has 5 nitrogen and oxygen atoms in total. The molecule has 0 fully saturated rings. The normalized spacial score (nSPS) is 9.82. The summed E-state index contributed by atoms with van der Waals surface area (Å²) >= 11 is 5.90. The van der Waals surface area contributed by atoms with E-state index < -0.39 is 0 Å². The number of hydrogen-bond acceptors (Lipinski definition) is 3. The van der Waals surface area contributed by atoms with Gasteiger partial charge in [-0.05, 0) is 13.0 Å². The van der Waals surface area contributed by atoms with Crippen LogP contribution in [0.15, 0.2) is 18.5 Å². The van der Waals surface area contributed by atoms with E-state index in [9.17, 15) is 9.59 Å². The predicted octanol–water partition coefficient (Wildman–Crippen LogP) is 0.943. The predicted molar refractivity (Wildman–Crippen MR) is 64.9 cm³/mol. The van der Waals surface area contributed by atoms with Crippen LogP contribution >= 0.6 is 11.6 Å². The smallest absolute Gasteiger partial charge is 0.257 e. The van der Waals surface area contributed by atoms with Gasteiger partial charge in [-0.3, -0.25) is 14.6 Å². The summed E-state index contributed by atoms with van der Waals surface area (Å²) in [5.74, 6) is -0.519. The molecule has 0 aliphatic heterocycles. The van der Waals surface area contributed by atoms with E-state index >= 15 is 0 Å². The number of carbonyl (C=O) groups excluding carboxylic acids is 2. The fourth-order valence-corrected chi connectivity index (χ4v) is 1.47. The number of nitrogens with zero attached hydrogens (tertiary/aromatic N) is 2. The van der Waals surface area contributed by atoms with Crippen LogP contribution in [0.1, 0.15) is 17.3 Å². The lowest BCUT2D eigenvalue weighted by Gasteiger charge is -2.20. The fraction of sp³-hybridized carbons (Fsp3) is 0.364. The second-order valence-corrected chi connectivity index (χ2v) is 3.76. The first-order valence-electron chi connectivity index (χ1n) is 5.19. The van der Waals surface area contributed by atoms with Gasteiger partial charge in [0.1, 0.15) is 0 Å². The van der Waals surface area contributed by atoms with Crippen molar-refractivity contribution in [2.45, 2.75) is 6.92 Å². The van der Waals surface area contributed by atoms with Gasteiger partial charge in [0.25, 0.3) is 5.91 Å². The maximum Gasteiger partial charge on any atom is 0.257 e. The van der Waals surface area contributed by atoms with E-state index in [1.165, 1.54) is 24.3 Å². The van der Waals surface area contributed by atoms with E-state index in [0.717, 1.165) is 0 Å². The average Bonchev–Trinajstić information content (AvgIpc) is 2.35. The van der Waals surface area contributed by atoms with Crippen LogP contribution in [0.5, 0.6) is 0 Å². The molecule has 1 rings (SSSR count). The molecule has 17 heavy (non-hydrogen) atoms. The maximum atomic E-state index is 12.1. The first kappa shape index (κ1) is 13.4. The quantitative estimate of drug-likeness (QED) is 0.871. The number of rotatable bonds is 4. The third-order valence-electron chi connectivity index (χ3n) is 2.28. The van der Waals surface area contributed by atoms with Crippen molar-refractivity contribution in [2.75, 3.05) is 20.1 Å². The number of amides is 2. The van der Waals surface area contributed by atoms with Crippen molar-refractivity contribution in [3.63, 3.8) is 0 Å². The van der Waals surface area contributed by atoms with E-state index in [0.29, 0.717) is 17.1 Å². The zero-order chi connectivity index (χ0) is 12.8. The van der Waals surface area contributed by atoms with Crippen molar-refractivity contribution < 1.29 is 9.59 Å². The van der Waals surface area contributed by atoms with Crippen LogP contribution in [0, 0.1) is 0 Å². The van der Waals surface area contributed by atoms with Crippen LogP contribution in [-0.2, 0) is 4.79 Å². The summed E-state index contributed by atoms with van der Waals surface area (Å²) < 4.78 is 0. The topological polar surface area (TPSA) is 62.3 Å². The van der Waals surface area contributed by atoms with Crippen LogP contribution in [0.4, 0.5) is 0 Å². The van der Waals surface area contributed by atoms with Crippen LogP contribution < -0.4 is 5.32 Å². The molecule has 0 atom stereocenters. The molecule has 0 spiro atoms. The average molecular weight is 256 g/mol. The van der Waals surface area contributed by atoms with E-state index in [1.807, 2.05) is 0 Å². The van der Waals surface area contributed by atoms with Gasteiger partial charge in [-0.1, -0.05) is 11.6 Å². The Bertz CT molecular complexity index is 423. The van der Waals surface area contributed by atoms with Crippen molar-refractivity contribution in [3.05, 3.63) is 29.0 Å². The Balaban J connectivity index is 2.87. The lowest BCUT2D eigenvalue weighted by molar-refractivity contribution is -0.121. The van der Waals surface area contributed by atoms with Gasteiger partial charge < -0.3 is 10.2 Å². The lowest BCUT2D eigenvalue weighted by atomic mass is 10.2. The van der Waals surface area contributed by atoms with E-state index in [4.69, 9.17) is 11.6 Å². The summed E-state index contributed by atoms with van der Waals surface area (Å²) in [6.45, 7) is 2.24. The molecular weight excluding hydrogens is 242 g/mol. The van der Waals surface area contributed by atoms with Gasteiger partial charge in [-0.15, -0.1) is 0 Å². The summed E-state index contributed by atoms with van der Waals surface area (Å²) in [5.41, 5.74) is 0.305. The number of pyridine rings is 1. The molecule has 0 saturated heterocycles. The SMILES string of the molecule is CCN(CC(=O)NC)C(=O)c1cnccc1Cl. The monoisotopic (exact) mass is 255 g/mol. The molecule has 1 N–H and O–H groups in total. The largest absolute Gasteiger partial charge is 0.358 e. The van der Waals surface area contributed by atoms with Gasteiger partial charge in [-0.25, -0.2) is 0 Å². The van der Waals surface area contributed by atoms with E-state index in [2.05, 4.69) is 10.3 Å². The molecule has 6 heteroatoms. The molecule has 0 aromatic carbocycles. The Hall–Kier alpha value is -1.62. The highest BCUT2D eigenvalue weighted by Gasteiger charge is 2.19. The Morgan fingerprint density at radius 2 is 2.24 bits per heavy atom. The van der Waals surface area contributed by atoms with Gasteiger partial charge in [0, 0.05) is 26.0 Å². The Kier molecular flexibility index (Phi) is 4.90. The highest BCUT2D eigenvalue weighted by Crippen LogP contribution is 2.15. The Morgan fingerprint density at radius 3 is 2.76 bits per heavy atom. The highest BCUT2D eigenvalue weighted by molar-refractivity contribution is 6.33. The van der Waals surface area contributed by atoms with E-state index in [-0.39, 0.29) is 18.4 Å². The lowest BCUT2D eigenvalue weighted by Crippen LogP contribution is -2.39. The highest BCUT2D eigenvalue weighted by atomic mass is 35.5. The molecule has 92 valence electrons. The number of aromatic nitrogens is 1. The summed E-state index contributed by atoms with van der Waals surface area (Å²) in [6.07, 6.45) is 2.91. The van der Waals surface area contributed by atoms with Gasteiger partial charge in [0.2, 0.25) is 5.91 Å². The molecule has 2 amide bonds. The second-order valence-electron chi connectivity index (χ2n) is 3.35. The number of likely N-dealkylation sites (N-methyl/N-ethyl adjacent to an activating group) is 2. The minimum atomic E-state index is -0.297. The molecule has 0 unspecified atom stereocenters. The standard InChI is InChI=1S/C11H14ClN3O2/c1-3-15(7-10(16)13-2)11(17)8-6-14-5-4-9(8)12/h4-6H,3,7H2,1-2H3,(H,13,16). The first-order valence-corrected chi connectivity index (χ1v) is 5.57. The van der Waals surface area contributed by atoms with Crippen molar-refractivity contribution in [3.8, 4) is 0 Å². The zero-order valence-electron chi connectivity index (χ0n) is 9.74. The summed E-state index contributed by atoms with van der Waals surface area (Å²) in [7, 11) is 1.53. The van der Waals surface area contributed by atoms with Gasteiger partial charge in [-0.2, -0.15) is 0 Å². The molecular formula is C11H14ClN3O2. The first-order chi connectivity index (χ1) is 8.10. The summed E-state index contributed by atoms with van der Waals surface area (Å²) in [5, 5.41) is 2.80. The van der Waals surface area contributed by atoms with Crippen molar-refractivity contribution in [1.82, 2.24) is 15.2 Å². The zero-order valence-corrected chi connectivity index (χ0v) is 10.5. The van der Waals surface area contributed by atoms with E-state index in [1.54, 1.807) is 13.0 Å². The molecule has 0 aliphatic rings. The fourth-order valence-electron chi connectivity index (χ4n) is 1.28. The number of nitrogens with one attached hydrogen (secondary N) is 1. The molecule has 0 aliphatic carbocycles. The number of hydrogen-bond donors (Lipinski definition) is 1. The molecule has 1 aromatic heterocycles. The van der Waals surface area contributed by atoms with Gasteiger partial charge in [0.15, 0.2) is 0 Å². The van der Waals surface area contributed by atoms with Crippen molar-refractivity contribution in [2.24, 2.45) is 0 Å². The van der Waals surface area contributed by atoms with Crippen LogP contribution in [0.25, 0.3) is 0 Å². The number of carbonyl (C=O) groups is 2.